The molecular weight excluding hydrogens is 328 g/mol. The van der Waals surface area contributed by atoms with Crippen LogP contribution in [0, 0.1) is 6.92 Å². The highest BCUT2D eigenvalue weighted by atomic mass is 16.2. The number of aromatic nitrogens is 2. The molecule has 6 heteroatoms. The Morgan fingerprint density at radius 2 is 2.04 bits per heavy atom. The maximum atomic E-state index is 13.3. The first-order valence-electron chi connectivity index (χ1n) is 8.60. The molecule has 0 saturated carbocycles. The van der Waals surface area contributed by atoms with Crippen LogP contribution >= 0.6 is 0 Å². The number of hydrogen-bond donors (Lipinski definition) is 1. The lowest BCUT2D eigenvalue weighted by Gasteiger charge is -2.28. The van der Waals surface area contributed by atoms with Crippen LogP contribution in [0.25, 0.3) is 10.9 Å². The van der Waals surface area contributed by atoms with Crippen LogP contribution in [0.3, 0.4) is 0 Å². The highest BCUT2D eigenvalue weighted by Gasteiger charge is 2.25. The van der Waals surface area contributed by atoms with Gasteiger partial charge in [-0.3, -0.25) is 19.1 Å². The van der Waals surface area contributed by atoms with Gasteiger partial charge in [0.05, 0.1) is 11.1 Å². The number of pyridine rings is 1. The number of aryl methyl sites for hydroxylation is 1. The zero-order chi connectivity index (χ0) is 18.4. The molecule has 2 aromatic heterocycles. The van der Waals surface area contributed by atoms with Crippen molar-refractivity contribution in [1.82, 2.24) is 14.5 Å². The molecule has 0 aliphatic carbocycles. The molecule has 132 valence electrons. The molecule has 0 atom stereocenters. The van der Waals surface area contributed by atoms with Crippen LogP contribution in [0.4, 0.5) is 5.69 Å². The predicted molar refractivity (Wildman–Crippen MR) is 99.8 cm³/mol. The second-order valence-electron chi connectivity index (χ2n) is 6.72. The van der Waals surface area contributed by atoms with Crippen LogP contribution < -0.4 is 5.73 Å². The Morgan fingerprint density at radius 1 is 1.23 bits per heavy atom. The van der Waals surface area contributed by atoms with Gasteiger partial charge in [0, 0.05) is 49.2 Å². The molecule has 0 unspecified atom stereocenters. The minimum Gasteiger partial charge on any atom is -0.398 e. The van der Waals surface area contributed by atoms with Gasteiger partial charge in [0.2, 0.25) is 5.91 Å². The van der Waals surface area contributed by atoms with E-state index in [0.29, 0.717) is 30.8 Å². The third kappa shape index (κ3) is 2.45. The summed E-state index contributed by atoms with van der Waals surface area (Å²) < 4.78 is 1.69. The van der Waals surface area contributed by atoms with Crippen LogP contribution in [0.15, 0.2) is 36.7 Å². The first-order chi connectivity index (χ1) is 12.5. The van der Waals surface area contributed by atoms with Crippen molar-refractivity contribution < 1.29 is 9.59 Å². The third-order valence-electron chi connectivity index (χ3n) is 5.08. The smallest absolute Gasteiger partial charge is 0.264 e. The Bertz CT molecular complexity index is 1050. The van der Waals surface area contributed by atoms with Crippen LogP contribution in [0.5, 0.6) is 0 Å². The lowest BCUT2D eigenvalue weighted by molar-refractivity contribution is -0.129. The van der Waals surface area contributed by atoms with Crippen molar-refractivity contribution in [2.45, 2.75) is 26.8 Å². The molecule has 1 aliphatic rings. The Balaban J connectivity index is 1.82. The minimum atomic E-state index is -0.108. The van der Waals surface area contributed by atoms with Crippen molar-refractivity contribution in [2.75, 3.05) is 12.3 Å². The number of carbonyl (C=O) groups excluding carboxylic acids is 2. The van der Waals surface area contributed by atoms with Crippen molar-refractivity contribution in [3.63, 3.8) is 0 Å². The zero-order valence-electron chi connectivity index (χ0n) is 14.8. The first-order valence-corrected chi connectivity index (χ1v) is 8.60. The second kappa shape index (κ2) is 5.98. The number of hydrogen-bond acceptors (Lipinski definition) is 4. The molecule has 0 bridgehead atoms. The Morgan fingerprint density at radius 3 is 2.81 bits per heavy atom. The number of benzene rings is 1. The number of amides is 1. The molecular formula is C20H20N4O2. The normalized spacial score (nSPS) is 13.7. The van der Waals surface area contributed by atoms with E-state index in [-0.39, 0.29) is 11.8 Å². The van der Waals surface area contributed by atoms with Gasteiger partial charge in [-0.25, -0.2) is 0 Å². The zero-order valence-corrected chi connectivity index (χ0v) is 14.8. The maximum absolute atomic E-state index is 13.3. The fourth-order valence-corrected chi connectivity index (χ4v) is 3.72. The van der Waals surface area contributed by atoms with Crippen molar-refractivity contribution in [1.29, 1.82) is 0 Å². The van der Waals surface area contributed by atoms with E-state index in [1.165, 1.54) is 0 Å². The molecule has 1 amide bonds. The molecule has 0 radical (unpaired) electrons. The molecule has 1 aromatic carbocycles. The van der Waals surface area contributed by atoms with E-state index >= 15 is 0 Å². The average molecular weight is 348 g/mol. The molecule has 3 aromatic rings. The molecule has 4 rings (SSSR count). The number of nitrogens with zero attached hydrogens (tertiary/aromatic N) is 3. The monoisotopic (exact) mass is 348 g/mol. The van der Waals surface area contributed by atoms with Gasteiger partial charge in [-0.05, 0) is 42.7 Å². The van der Waals surface area contributed by atoms with Gasteiger partial charge in [0.15, 0.2) is 0 Å². The molecule has 26 heavy (non-hydrogen) atoms. The molecule has 1 aliphatic heterocycles. The molecule has 0 fully saturated rings. The Hall–Kier alpha value is -3.15. The molecule has 2 N–H and O–H groups in total. The SMILES string of the molecule is CC(=O)N1CCc2c(cncc2C(=O)n2c(C)cc3c(N)cccc32)C1. The predicted octanol–water partition coefficient (Wildman–Crippen LogP) is 2.52. The summed E-state index contributed by atoms with van der Waals surface area (Å²) in [5.74, 6) is -0.0705. The third-order valence-corrected chi connectivity index (χ3v) is 5.08. The summed E-state index contributed by atoms with van der Waals surface area (Å²) in [7, 11) is 0. The maximum Gasteiger partial charge on any atom is 0.264 e. The van der Waals surface area contributed by atoms with Crippen LogP contribution in [0.1, 0.15) is 34.1 Å². The standard InChI is InChI=1S/C20H20N4O2/c1-12-8-16-18(21)4-3-5-19(16)24(12)20(26)17-10-22-9-14-11-23(13(2)25)7-6-15(14)17/h3-5,8-10H,6-7,11,21H2,1-2H3. The number of fused-ring (bicyclic) bond motifs is 2. The van der Waals surface area contributed by atoms with Crippen molar-refractivity contribution in [2.24, 2.45) is 0 Å². The van der Waals surface area contributed by atoms with Crippen LogP contribution in [-0.4, -0.2) is 32.8 Å². The minimum absolute atomic E-state index is 0.0371. The molecule has 6 nitrogen and oxygen atoms in total. The van der Waals surface area contributed by atoms with E-state index in [4.69, 9.17) is 5.73 Å². The van der Waals surface area contributed by atoms with E-state index in [1.807, 2.05) is 31.2 Å². The lowest BCUT2D eigenvalue weighted by Crippen LogP contribution is -2.35. The van der Waals surface area contributed by atoms with Gasteiger partial charge in [-0.1, -0.05) is 6.07 Å². The average Bonchev–Trinajstić information content (AvgIpc) is 2.97. The molecule has 0 saturated heterocycles. The van der Waals surface area contributed by atoms with Crippen molar-refractivity contribution >= 4 is 28.4 Å². The second-order valence-corrected chi connectivity index (χ2v) is 6.72. The fraction of sp³-hybridized carbons (Fsp3) is 0.250. The fourth-order valence-electron chi connectivity index (χ4n) is 3.72. The topological polar surface area (TPSA) is 81.2 Å². The van der Waals surface area contributed by atoms with Gasteiger partial charge in [0.1, 0.15) is 0 Å². The van der Waals surface area contributed by atoms with Gasteiger partial charge in [-0.2, -0.15) is 0 Å². The van der Waals surface area contributed by atoms with Crippen molar-refractivity contribution in [3.8, 4) is 0 Å². The molecule has 3 heterocycles. The van der Waals surface area contributed by atoms with Gasteiger partial charge < -0.3 is 10.6 Å². The number of carbonyl (C=O) groups is 2. The molecule has 0 spiro atoms. The van der Waals surface area contributed by atoms with Crippen LogP contribution in [-0.2, 0) is 17.8 Å². The highest BCUT2D eigenvalue weighted by molar-refractivity contribution is 6.06. The summed E-state index contributed by atoms with van der Waals surface area (Å²) >= 11 is 0. The van der Waals surface area contributed by atoms with E-state index in [2.05, 4.69) is 4.98 Å². The van der Waals surface area contributed by atoms with E-state index < -0.39 is 0 Å². The first kappa shape index (κ1) is 16.3. The number of anilines is 1. The summed E-state index contributed by atoms with van der Waals surface area (Å²) in [4.78, 5) is 31.0. The summed E-state index contributed by atoms with van der Waals surface area (Å²) in [5, 5.41) is 0.874. The number of nitrogen functional groups attached to an aromatic ring is 1. The van der Waals surface area contributed by atoms with Gasteiger partial charge in [0.25, 0.3) is 5.91 Å². The summed E-state index contributed by atoms with van der Waals surface area (Å²) in [6, 6.07) is 7.52. The number of rotatable bonds is 1. The van der Waals surface area contributed by atoms with Gasteiger partial charge >= 0.3 is 0 Å². The largest absolute Gasteiger partial charge is 0.398 e. The summed E-state index contributed by atoms with van der Waals surface area (Å²) in [5.41, 5.74) is 10.9. The Kier molecular flexibility index (Phi) is 3.76. The quantitative estimate of drug-likeness (QED) is 0.685. The van der Waals surface area contributed by atoms with E-state index in [1.54, 1.807) is 28.8 Å². The summed E-state index contributed by atoms with van der Waals surface area (Å²) in [6.07, 6.45) is 4.03. The van der Waals surface area contributed by atoms with Gasteiger partial charge in [-0.15, -0.1) is 0 Å². The lowest BCUT2D eigenvalue weighted by atomic mass is 9.96. The van der Waals surface area contributed by atoms with E-state index in [0.717, 1.165) is 27.7 Å². The van der Waals surface area contributed by atoms with Crippen molar-refractivity contribution in [3.05, 3.63) is 59.0 Å². The van der Waals surface area contributed by atoms with Crippen LogP contribution in [0.2, 0.25) is 0 Å². The number of nitrogens with two attached hydrogens (primary N) is 1. The van der Waals surface area contributed by atoms with E-state index in [9.17, 15) is 9.59 Å². The Labute approximate surface area is 151 Å². The summed E-state index contributed by atoms with van der Waals surface area (Å²) in [6.45, 7) is 4.58. The highest BCUT2D eigenvalue weighted by Crippen LogP contribution is 2.28.